The fraction of sp³-hybridized carbons (Fsp3) is 0.500. The van der Waals surface area contributed by atoms with Gasteiger partial charge in [-0.25, -0.2) is 13.4 Å². The van der Waals surface area contributed by atoms with E-state index in [0.717, 1.165) is 11.0 Å². The zero-order chi connectivity index (χ0) is 14.8. The van der Waals surface area contributed by atoms with Gasteiger partial charge in [-0.2, -0.15) is 0 Å². The molecule has 0 radical (unpaired) electrons. The predicted molar refractivity (Wildman–Crippen MR) is 82.3 cm³/mol. The van der Waals surface area contributed by atoms with Gasteiger partial charge in [0.15, 0.2) is 9.84 Å². The summed E-state index contributed by atoms with van der Waals surface area (Å²) >= 11 is 0. The van der Waals surface area contributed by atoms with Crippen LogP contribution in [0.25, 0.3) is 11.0 Å². The van der Waals surface area contributed by atoms with Crippen LogP contribution in [0.1, 0.15) is 26.1 Å². The van der Waals surface area contributed by atoms with Gasteiger partial charge in [0.1, 0.15) is 5.82 Å². The minimum Gasteiger partial charge on any atom is -0.399 e. The Morgan fingerprint density at radius 2 is 2.05 bits per heavy atom. The molecule has 6 heteroatoms. The SMILES string of the molecule is CC(C)CCS(=O)(=O)CCc1nc2ccc(N)cc2[nH]1. The van der Waals surface area contributed by atoms with E-state index in [2.05, 4.69) is 9.97 Å². The number of nitrogens with zero attached hydrogens (tertiary/aromatic N) is 1. The van der Waals surface area contributed by atoms with E-state index >= 15 is 0 Å². The summed E-state index contributed by atoms with van der Waals surface area (Å²) in [5.74, 6) is 1.48. The molecule has 3 N–H and O–H groups in total. The van der Waals surface area contributed by atoms with E-state index in [1.807, 2.05) is 19.9 Å². The van der Waals surface area contributed by atoms with Crippen LogP contribution in [0, 0.1) is 5.92 Å². The van der Waals surface area contributed by atoms with E-state index in [1.54, 1.807) is 12.1 Å². The number of sulfone groups is 1. The maximum atomic E-state index is 11.9. The predicted octanol–water partition coefficient (Wildman–Crippen LogP) is 2.15. The molecular weight excluding hydrogens is 274 g/mol. The number of imidazole rings is 1. The zero-order valence-corrected chi connectivity index (χ0v) is 12.7. The normalized spacial score (nSPS) is 12.3. The molecule has 0 atom stereocenters. The number of hydrogen-bond donors (Lipinski definition) is 2. The van der Waals surface area contributed by atoms with Gasteiger partial charge in [0.25, 0.3) is 0 Å². The minimum atomic E-state index is -3.01. The molecule has 0 aliphatic carbocycles. The Kier molecular flexibility index (Phi) is 4.32. The van der Waals surface area contributed by atoms with Crippen LogP contribution < -0.4 is 5.73 Å². The number of rotatable bonds is 6. The third-order valence-corrected chi connectivity index (χ3v) is 4.89. The Labute approximate surface area is 119 Å². The average Bonchev–Trinajstić information content (AvgIpc) is 2.76. The number of aromatic nitrogens is 2. The molecule has 2 aromatic rings. The van der Waals surface area contributed by atoms with Crippen molar-refractivity contribution in [3.8, 4) is 0 Å². The second-order valence-corrected chi connectivity index (χ2v) is 7.85. The number of nitrogens with one attached hydrogen (secondary N) is 1. The molecule has 110 valence electrons. The third-order valence-electron chi connectivity index (χ3n) is 3.21. The van der Waals surface area contributed by atoms with Crippen molar-refractivity contribution >= 4 is 26.6 Å². The summed E-state index contributed by atoms with van der Waals surface area (Å²) in [7, 11) is -3.01. The largest absolute Gasteiger partial charge is 0.399 e. The molecule has 0 saturated heterocycles. The van der Waals surface area contributed by atoms with Crippen molar-refractivity contribution in [2.75, 3.05) is 17.2 Å². The monoisotopic (exact) mass is 295 g/mol. The van der Waals surface area contributed by atoms with Gasteiger partial charge < -0.3 is 10.7 Å². The summed E-state index contributed by atoms with van der Waals surface area (Å²) < 4.78 is 23.8. The van der Waals surface area contributed by atoms with Gasteiger partial charge in [0.2, 0.25) is 0 Å². The summed E-state index contributed by atoms with van der Waals surface area (Å²) in [4.78, 5) is 7.49. The first-order chi connectivity index (χ1) is 9.35. The summed E-state index contributed by atoms with van der Waals surface area (Å²) in [6, 6.07) is 5.42. The molecule has 0 aliphatic heterocycles. The van der Waals surface area contributed by atoms with E-state index in [-0.39, 0.29) is 11.5 Å². The molecule has 1 heterocycles. The highest BCUT2D eigenvalue weighted by molar-refractivity contribution is 7.91. The quantitative estimate of drug-likeness (QED) is 0.799. The molecule has 0 unspecified atom stereocenters. The summed E-state index contributed by atoms with van der Waals surface area (Å²) in [5.41, 5.74) is 8.03. The molecule has 20 heavy (non-hydrogen) atoms. The number of benzene rings is 1. The Morgan fingerprint density at radius 1 is 1.30 bits per heavy atom. The molecule has 0 spiro atoms. The van der Waals surface area contributed by atoms with E-state index in [0.29, 0.717) is 30.3 Å². The fourth-order valence-corrected chi connectivity index (χ4v) is 3.51. The first-order valence-electron chi connectivity index (χ1n) is 6.80. The van der Waals surface area contributed by atoms with Crippen LogP contribution in [0.2, 0.25) is 0 Å². The Hall–Kier alpha value is -1.56. The second kappa shape index (κ2) is 5.83. The molecule has 1 aromatic carbocycles. The summed E-state index contributed by atoms with van der Waals surface area (Å²) in [6.45, 7) is 4.05. The molecule has 5 nitrogen and oxygen atoms in total. The van der Waals surface area contributed by atoms with Crippen molar-refractivity contribution < 1.29 is 8.42 Å². The molecule has 0 aliphatic rings. The number of nitrogens with two attached hydrogens (primary N) is 1. The molecule has 0 amide bonds. The van der Waals surface area contributed by atoms with Gasteiger partial charge in [-0.15, -0.1) is 0 Å². The molecule has 0 fully saturated rings. The number of hydrogen-bond acceptors (Lipinski definition) is 4. The van der Waals surface area contributed by atoms with Crippen LogP contribution in [0.5, 0.6) is 0 Å². The van der Waals surface area contributed by atoms with E-state index in [9.17, 15) is 8.42 Å². The summed E-state index contributed by atoms with van der Waals surface area (Å²) in [6.07, 6.45) is 1.12. The molecule has 0 bridgehead atoms. The number of H-pyrrole nitrogens is 1. The third kappa shape index (κ3) is 3.96. The van der Waals surface area contributed by atoms with E-state index in [1.165, 1.54) is 0 Å². The van der Waals surface area contributed by atoms with Crippen LogP contribution in [0.3, 0.4) is 0 Å². The summed E-state index contributed by atoms with van der Waals surface area (Å²) in [5, 5.41) is 0. The van der Waals surface area contributed by atoms with Crippen LogP contribution in [-0.4, -0.2) is 29.9 Å². The zero-order valence-electron chi connectivity index (χ0n) is 11.9. The van der Waals surface area contributed by atoms with Crippen molar-refractivity contribution in [3.63, 3.8) is 0 Å². The molecule has 2 rings (SSSR count). The fourth-order valence-electron chi connectivity index (χ4n) is 1.97. The molecular formula is C14H21N3O2S. The lowest BCUT2D eigenvalue weighted by atomic mass is 10.2. The van der Waals surface area contributed by atoms with Gasteiger partial charge in [-0.05, 0) is 30.5 Å². The molecule has 0 saturated carbocycles. The lowest BCUT2D eigenvalue weighted by Gasteiger charge is -2.05. The topological polar surface area (TPSA) is 88.8 Å². The van der Waals surface area contributed by atoms with Crippen molar-refractivity contribution in [3.05, 3.63) is 24.0 Å². The average molecular weight is 295 g/mol. The second-order valence-electron chi connectivity index (χ2n) is 5.54. The van der Waals surface area contributed by atoms with Gasteiger partial charge in [0, 0.05) is 12.1 Å². The lowest BCUT2D eigenvalue weighted by Crippen LogP contribution is -2.15. The van der Waals surface area contributed by atoms with Gasteiger partial charge in [-0.3, -0.25) is 0 Å². The van der Waals surface area contributed by atoms with Crippen molar-refractivity contribution in [2.45, 2.75) is 26.7 Å². The number of aryl methyl sites for hydroxylation is 1. The number of nitrogen functional groups attached to an aromatic ring is 1. The first-order valence-corrected chi connectivity index (χ1v) is 8.62. The van der Waals surface area contributed by atoms with Gasteiger partial charge in [-0.1, -0.05) is 13.8 Å². The molecule has 1 aromatic heterocycles. The van der Waals surface area contributed by atoms with E-state index < -0.39 is 9.84 Å². The van der Waals surface area contributed by atoms with E-state index in [4.69, 9.17) is 5.73 Å². The Bertz CT molecular complexity index is 690. The number of aromatic amines is 1. The van der Waals surface area contributed by atoms with Crippen molar-refractivity contribution in [1.29, 1.82) is 0 Å². The Morgan fingerprint density at radius 3 is 2.75 bits per heavy atom. The highest BCUT2D eigenvalue weighted by Crippen LogP contribution is 2.15. The number of fused-ring (bicyclic) bond motifs is 1. The van der Waals surface area contributed by atoms with Crippen LogP contribution in [-0.2, 0) is 16.3 Å². The van der Waals surface area contributed by atoms with Crippen LogP contribution >= 0.6 is 0 Å². The minimum absolute atomic E-state index is 0.134. The lowest BCUT2D eigenvalue weighted by molar-refractivity contribution is 0.572. The maximum absolute atomic E-state index is 11.9. The van der Waals surface area contributed by atoms with Crippen LogP contribution in [0.15, 0.2) is 18.2 Å². The maximum Gasteiger partial charge on any atom is 0.150 e. The first kappa shape index (κ1) is 14.8. The Balaban J connectivity index is 2.02. The number of anilines is 1. The van der Waals surface area contributed by atoms with Crippen molar-refractivity contribution in [2.24, 2.45) is 5.92 Å². The highest BCUT2D eigenvalue weighted by Gasteiger charge is 2.13. The smallest absolute Gasteiger partial charge is 0.150 e. The van der Waals surface area contributed by atoms with Crippen LogP contribution in [0.4, 0.5) is 5.69 Å². The van der Waals surface area contributed by atoms with Gasteiger partial charge >= 0.3 is 0 Å². The standard InChI is InChI=1S/C14H21N3O2S/c1-10(2)5-7-20(18,19)8-6-14-16-12-4-3-11(15)9-13(12)17-14/h3-4,9-10H,5-8,15H2,1-2H3,(H,16,17). The highest BCUT2D eigenvalue weighted by atomic mass is 32.2. The van der Waals surface area contributed by atoms with Gasteiger partial charge in [0.05, 0.1) is 22.5 Å². The van der Waals surface area contributed by atoms with Crippen molar-refractivity contribution in [1.82, 2.24) is 9.97 Å².